The largest absolute Gasteiger partial charge is 0.496 e. The lowest BCUT2D eigenvalue weighted by molar-refractivity contribution is 0.418. The van der Waals surface area contributed by atoms with Crippen LogP contribution in [0.2, 0.25) is 0 Å². The van der Waals surface area contributed by atoms with Crippen molar-refractivity contribution in [2.24, 2.45) is 0 Å². The van der Waals surface area contributed by atoms with Crippen molar-refractivity contribution in [1.29, 1.82) is 0 Å². The topological polar surface area (TPSA) is 56.5 Å². The molecule has 1 aromatic carbocycles. The minimum atomic E-state index is -1.08. The van der Waals surface area contributed by atoms with Gasteiger partial charge in [-0.05, 0) is 18.2 Å². The van der Waals surface area contributed by atoms with Crippen molar-refractivity contribution >= 4 is 27.8 Å². The van der Waals surface area contributed by atoms with E-state index < -0.39 is 10.8 Å². The Hall–Kier alpha value is -1.88. The van der Waals surface area contributed by atoms with Gasteiger partial charge in [0.1, 0.15) is 22.5 Å². The molecule has 1 heterocycles. The highest BCUT2D eigenvalue weighted by Crippen LogP contribution is 2.23. The second-order valence-corrected chi connectivity index (χ2v) is 4.92. The van der Waals surface area contributed by atoms with Crippen molar-refractivity contribution in [3.8, 4) is 5.75 Å². The zero-order valence-electron chi connectivity index (χ0n) is 10.0. The Kier molecular flexibility index (Phi) is 3.62. The summed E-state index contributed by atoms with van der Waals surface area (Å²) in [6.45, 7) is 0. The lowest BCUT2D eigenvalue weighted by atomic mass is 10.2. The predicted octanol–water partition coefficient (Wildman–Crippen LogP) is 2.15. The van der Waals surface area contributed by atoms with Crippen molar-refractivity contribution < 1.29 is 13.4 Å². The lowest BCUT2D eigenvalue weighted by Gasteiger charge is -2.04. The van der Waals surface area contributed by atoms with E-state index in [4.69, 9.17) is 9.15 Å². The van der Waals surface area contributed by atoms with Crippen LogP contribution in [0.25, 0.3) is 17.0 Å². The molecule has 0 saturated heterocycles. The van der Waals surface area contributed by atoms with Crippen LogP contribution in [0.4, 0.5) is 0 Å². The average Bonchev–Trinajstić information content (AvgIpc) is 2.35. The summed E-state index contributed by atoms with van der Waals surface area (Å²) in [4.78, 5) is 12.0. The average molecular weight is 264 g/mol. The molecule has 0 aliphatic heterocycles. The number of fused-ring (bicyclic) bond motifs is 1. The number of rotatable bonds is 3. The van der Waals surface area contributed by atoms with Gasteiger partial charge in [-0.2, -0.15) is 0 Å². The maximum atomic E-state index is 12.0. The zero-order chi connectivity index (χ0) is 13.1. The highest BCUT2D eigenvalue weighted by Gasteiger charge is 2.08. The van der Waals surface area contributed by atoms with Crippen molar-refractivity contribution in [3.05, 3.63) is 45.7 Å². The third-order valence-corrected chi connectivity index (χ3v) is 2.90. The molecule has 4 nitrogen and oxygen atoms in total. The van der Waals surface area contributed by atoms with Crippen LogP contribution in [0, 0.1) is 0 Å². The van der Waals surface area contributed by atoms with E-state index in [0.717, 1.165) is 0 Å². The molecule has 5 heteroatoms. The maximum absolute atomic E-state index is 12.0. The molecule has 0 radical (unpaired) electrons. The van der Waals surface area contributed by atoms with Gasteiger partial charge in [-0.1, -0.05) is 6.07 Å². The van der Waals surface area contributed by atoms with E-state index in [1.165, 1.54) is 24.7 Å². The highest BCUT2D eigenvalue weighted by molar-refractivity contribution is 7.87. The quantitative estimate of drug-likeness (QED) is 0.852. The Morgan fingerprint density at radius 2 is 2.17 bits per heavy atom. The Balaban J connectivity index is 2.64. The van der Waals surface area contributed by atoms with Crippen LogP contribution in [0.3, 0.4) is 0 Å². The fraction of sp³-hybridized carbons (Fsp3) is 0.154. The van der Waals surface area contributed by atoms with Gasteiger partial charge in [0.05, 0.1) is 7.11 Å². The van der Waals surface area contributed by atoms with Gasteiger partial charge in [0.15, 0.2) is 5.43 Å². The molecule has 0 aliphatic carbocycles. The van der Waals surface area contributed by atoms with E-state index in [1.54, 1.807) is 24.5 Å². The SMILES string of the molecule is COc1cccc2oc(/C=C/S(C)=O)cc(=O)c12. The molecule has 0 fully saturated rings. The molecule has 2 rings (SSSR count). The summed E-state index contributed by atoms with van der Waals surface area (Å²) in [5.41, 5.74) is 0.263. The van der Waals surface area contributed by atoms with Crippen LogP contribution in [-0.2, 0) is 10.8 Å². The van der Waals surface area contributed by atoms with E-state index in [0.29, 0.717) is 22.5 Å². The first kappa shape index (κ1) is 12.6. The summed E-state index contributed by atoms with van der Waals surface area (Å²) in [7, 11) is 0.423. The second kappa shape index (κ2) is 5.18. The first-order valence-electron chi connectivity index (χ1n) is 5.23. The second-order valence-electron chi connectivity index (χ2n) is 3.65. The third-order valence-electron chi connectivity index (χ3n) is 2.38. The predicted molar refractivity (Wildman–Crippen MR) is 72.1 cm³/mol. The molecule has 1 atom stereocenters. The summed E-state index contributed by atoms with van der Waals surface area (Å²) in [5, 5.41) is 1.87. The van der Waals surface area contributed by atoms with E-state index >= 15 is 0 Å². The Morgan fingerprint density at radius 1 is 1.39 bits per heavy atom. The minimum absolute atomic E-state index is 0.185. The van der Waals surface area contributed by atoms with Crippen LogP contribution in [-0.4, -0.2) is 17.6 Å². The molecule has 0 N–H and O–H groups in total. The first-order chi connectivity index (χ1) is 8.61. The lowest BCUT2D eigenvalue weighted by Crippen LogP contribution is -2.02. The van der Waals surface area contributed by atoms with Gasteiger partial charge < -0.3 is 9.15 Å². The monoisotopic (exact) mass is 264 g/mol. The summed E-state index contributed by atoms with van der Waals surface area (Å²) in [5.74, 6) is 0.854. The Morgan fingerprint density at radius 3 is 2.83 bits per heavy atom. The van der Waals surface area contributed by atoms with Crippen LogP contribution in [0.1, 0.15) is 5.76 Å². The number of hydrogen-bond acceptors (Lipinski definition) is 4. The van der Waals surface area contributed by atoms with Crippen LogP contribution in [0.15, 0.2) is 38.9 Å². The molecular formula is C13H12O4S. The van der Waals surface area contributed by atoms with Crippen LogP contribution < -0.4 is 10.2 Å². The molecule has 2 aromatic rings. The number of hydrogen-bond donors (Lipinski definition) is 0. The summed E-state index contributed by atoms with van der Waals surface area (Å²) in [6, 6.07) is 6.50. The number of methoxy groups -OCH3 is 1. The van der Waals surface area contributed by atoms with E-state index in [9.17, 15) is 9.00 Å². The number of benzene rings is 1. The van der Waals surface area contributed by atoms with Gasteiger partial charge >= 0.3 is 0 Å². The molecule has 0 saturated carbocycles. The normalized spacial score (nSPS) is 13.0. The van der Waals surface area contributed by atoms with Crippen molar-refractivity contribution in [3.63, 3.8) is 0 Å². The van der Waals surface area contributed by atoms with Crippen molar-refractivity contribution in [2.75, 3.05) is 13.4 Å². The fourth-order valence-corrected chi connectivity index (χ4v) is 1.94. The molecule has 0 aliphatic rings. The van der Waals surface area contributed by atoms with Gasteiger partial charge in [-0.15, -0.1) is 0 Å². The third kappa shape index (κ3) is 2.51. The molecule has 94 valence electrons. The molecule has 18 heavy (non-hydrogen) atoms. The van der Waals surface area contributed by atoms with Crippen molar-refractivity contribution in [2.45, 2.75) is 0 Å². The maximum Gasteiger partial charge on any atom is 0.197 e. The van der Waals surface area contributed by atoms with Crippen LogP contribution >= 0.6 is 0 Å². The Labute approximate surface area is 106 Å². The molecule has 1 aromatic heterocycles. The molecule has 0 amide bonds. The number of ether oxygens (including phenoxy) is 1. The standard InChI is InChI=1S/C13H12O4S/c1-16-11-4-3-5-12-13(11)10(14)8-9(17-12)6-7-18(2)15/h3-8H,1-2H3/b7-6+. The van der Waals surface area contributed by atoms with Crippen molar-refractivity contribution in [1.82, 2.24) is 0 Å². The summed E-state index contributed by atoms with van der Waals surface area (Å²) in [6.07, 6.45) is 3.06. The zero-order valence-corrected chi connectivity index (χ0v) is 10.8. The van der Waals surface area contributed by atoms with Gasteiger partial charge in [0.2, 0.25) is 0 Å². The van der Waals surface area contributed by atoms with Gasteiger partial charge in [-0.3, -0.25) is 9.00 Å². The van der Waals surface area contributed by atoms with Gasteiger partial charge in [-0.25, -0.2) is 0 Å². The summed E-state index contributed by atoms with van der Waals surface area (Å²) < 4.78 is 21.6. The van der Waals surface area contributed by atoms with E-state index in [-0.39, 0.29) is 5.43 Å². The van der Waals surface area contributed by atoms with Gasteiger partial charge in [0.25, 0.3) is 0 Å². The molecule has 1 unspecified atom stereocenters. The summed E-state index contributed by atoms with van der Waals surface area (Å²) >= 11 is 0. The van der Waals surface area contributed by atoms with Crippen LogP contribution in [0.5, 0.6) is 5.75 Å². The first-order valence-corrected chi connectivity index (χ1v) is 6.85. The minimum Gasteiger partial charge on any atom is -0.496 e. The molecule has 0 spiro atoms. The van der Waals surface area contributed by atoms with E-state index in [1.807, 2.05) is 0 Å². The molecular weight excluding hydrogens is 252 g/mol. The molecule has 0 bridgehead atoms. The smallest absolute Gasteiger partial charge is 0.197 e. The van der Waals surface area contributed by atoms with Gasteiger partial charge in [0, 0.05) is 28.5 Å². The van der Waals surface area contributed by atoms with E-state index in [2.05, 4.69) is 0 Å². The fourth-order valence-electron chi connectivity index (χ4n) is 1.61. The highest BCUT2D eigenvalue weighted by atomic mass is 32.2. The Bertz CT molecular complexity index is 685.